The molecule has 0 amide bonds. The molecule has 0 aliphatic heterocycles. The minimum absolute atomic E-state index is 0.160. The first kappa shape index (κ1) is 13.7. The molecule has 0 radical (unpaired) electrons. The van der Waals surface area contributed by atoms with Crippen LogP contribution in [0.5, 0.6) is 0 Å². The molecule has 24 heavy (non-hydrogen) atoms. The Labute approximate surface area is 141 Å². The Morgan fingerprint density at radius 3 is 2.92 bits per heavy atom. The average Bonchev–Trinajstić information content (AvgIpc) is 3.14. The molecule has 4 aromatic rings. The number of aromatic nitrogens is 6. The Bertz CT molecular complexity index is 1170. The summed E-state index contributed by atoms with van der Waals surface area (Å²) in [6, 6.07) is 5.40. The molecule has 5 rings (SSSR count). The first-order valence-electron chi connectivity index (χ1n) is 7.72. The fourth-order valence-corrected chi connectivity index (χ4v) is 3.37. The summed E-state index contributed by atoms with van der Waals surface area (Å²) >= 11 is 6.23. The lowest BCUT2D eigenvalue weighted by Gasteiger charge is -2.09. The third kappa shape index (κ3) is 1.78. The predicted molar refractivity (Wildman–Crippen MR) is 89.8 cm³/mol. The highest BCUT2D eigenvalue weighted by Gasteiger charge is 2.27. The highest BCUT2D eigenvalue weighted by atomic mass is 35.5. The van der Waals surface area contributed by atoms with E-state index in [-0.39, 0.29) is 5.56 Å². The second-order valence-electron chi connectivity index (χ2n) is 6.12. The van der Waals surface area contributed by atoms with Crippen molar-refractivity contribution >= 4 is 28.2 Å². The van der Waals surface area contributed by atoms with Crippen molar-refractivity contribution in [2.45, 2.75) is 18.8 Å². The van der Waals surface area contributed by atoms with Crippen LogP contribution >= 0.6 is 11.6 Å². The minimum atomic E-state index is -0.160. The number of hydrogen-bond donors (Lipinski definition) is 0. The van der Waals surface area contributed by atoms with Crippen LogP contribution in [0.4, 0.5) is 0 Å². The molecule has 0 bridgehead atoms. The number of imidazole rings is 1. The number of nitrogens with zero attached hydrogens (tertiary/aromatic N) is 6. The molecule has 1 fully saturated rings. The maximum absolute atomic E-state index is 12.8. The van der Waals surface area contributed by atoms with Crippen LogP contribution in [0.15, 0.2) is 35.5 Å². The molecular formula is C16H13ClN6O. The Kier molecular flexibility index (Phi) is 2.67. The summed E-state index contributed by atoms with van der Waals surface area (Å²) in [5.41, 5.74) is 2.20. The van der Waals surface area contributed by atoms with Crippen molar-refractivity contribution < 1.29 is 0 Å². The molecule has 8 heteroatoms. The lowest BCUT2D eigenvalue weighted by molar-refractivity contribution is 0.776. The molecule has 3 aromatic heterocycles. The zero-order valence-electron chi connectivity index (χ0n) is 12.8. The normalized spacial score (nSPS) is 14.8. The topological polar surface area (TPSA) is 70.0 Å². The molecule has 0 N–H and O–H groups in total. The summed E-state index contributed by atoms with van der Waals surface area (Å²) in [6.07, 6.45) is 5.89. The molecule has 0 saturated heterocycles. The zero-order valence-corrected chi connectivity index (χ0v) is 13.6. The first-order chi connectivity index (χ1) is 11.6. The van der Waals surface area contributed by atoms with E-state index in [0.717, 1.165) is 24.1 Å². The van der Waals surface area contributed by atoms with Gasteiger partial charge in [0.15, 0.2) is 11.5 Å². The van der Waals surface area contributed by atoms with Crippen molar-refractivity contribution in [2.75, 3.05) is 0 Å². The molecule has 1 aliphatic rings. The van der Waals surface area contributed by atoms with E-state index in [1.54, 1.807) is 28.7 Å². The Morgan fingerprint density at radius 1 is 1.29 bits per heavy atom. The van der Waals surface area contributed by atoms with Gasteiger partial charge in [-0.25, -0.2) is 4.98 Å². The summed E-state index contributed by atoms with van der Waals surface area (Å²) < 4.78 is 5.05. The van der Waals surface area contributed by atoms with E-state index >= 15 is 0 Å². The second kappa shape index (κ2) is 4.67. The minimum Gasteiger partial charge on any atom is -0.294 e. The summed E-state index contributed by atoms with van der Waals surface area (Å²) in [5, 5.41) is 9.33. The SMILES string of the molecule is Cn1c(=O)c2c(Cl)cccc2n2cnc(-n3cc(C4CC4)nn3)c12. The third-order valence-corrected chi connectivity index (χ3v) is 4.85. The van der Waals surface area contributed by atoms with E-state index in [0.29, 0.717) is 27.8 Å². The molecule has 0 atom stereocenters. The van der Waals surface area contributed by atoms with Gasteiger partial charge in [0.1, 0.15) is 6.33 Å². The van der Waals surface area contributed by atoms with Crippen molar-refractivity contribution in [1.29, 1.82) is 0 Å². The maximum atomic E-state index is 12.8. The van der Waals surface area contributed by atoms with E-state index in [4.69, 9.17) is 11.6 Å². The smallest absolute Gasteiger partial charge is 0.262 e. The third-order valence-electron chi connectivity index (χ3n) is 4.53. The van der Waals surface area contributed by atoms with Crippen LogP contribution in [0.1, 0.15) is 24.5 Å². The molecule has 7 nitrogen and oxygen atoms in total. The van der Waals surface area contributed by atoms with Crippen LogP contribution in [0, 0.1) is 0 Å². The van der Waals surface area contributed by atoms with Gasteiger partial charge in [-0.2, -0.15) is 4.68 Å². The van der Waals surface area contributed by atoms with Crippen molar-refractivity contribution in [3.63, 3.8) is 0 Å². The quantitative estimate of drug-likeness (QED) is 0.561. The van der Waals surface area contributed by atoms with Crippen LogP contribution < -0.4 is 5.56 Å². The highest BCUT2D eigenvalue weighted by molar-refractivity contribution is 6.35. The number of benzene rings is 1. The predicted octanol–water partition coefficient (Wildman–Crippen LogP) is 2.30. The van der Waals surface area contributed by atoms with Gasteiger partial charge in [0.2, 0.25) is 0 Å². The number of hydrogen-bond acceptors (Lipinski definition) is 4. The van der Waals surface area contributed by atoms with Gasteiger partial charge in [0.05, 0.1) is 27.8 Å². The molecule has 0 unspecified atom stereocenters. The number of halogens is 1. The lowest BCUT2D eigenvalue weighted by atomic mass is 10.2. The van der Waals surface area contributed by atoms with Gasteiger partial charge < -0.3 is 0 Å². The van der Waals surface area contributed by atoms with E-state index in [9.17, 15) is 4.79 Å². The average molecular weight is 341 g/mol. The summed E-state index contributed by atoms with van der Waals surface area (Å²) in [4.78, 5) is 17.2. The molecule has 3 heterocycles. The van der Waals surface area contributed by atoms with E-state index in [2.05, 4.69) is 15.3 Å². The van der Waals surface area contributed by atoms with Crippen LogP contribution in [-0.2, 0) is 7.05 Å². The van der Waals surface area contributed by atoms with Crippen molar-refractivity contribution in [3.8, 4) is 5.82 Å². The van der Waals surface area contributed by atoms with E-state index in [1.165, 1.54) is 0 Å². The maximum Gasteiger partial charge on any atom is 0.262 e. The first-order valence-corrected chi connectivity index (χ1v) is 8.10. The van der Waals surface area contributed by atoms with Crippen LogP contribution in [-0.4, -0.2) is 28.9 Å². The molecule has 1 aromatic carbocycles. The van der Waals surface area contributed by atoms with Gasteiger partial charge >= 0.3 is 0 Å². The Morgan fingerprint density at radius 2 is 2.12 bits per heavy atom. The largest absolute Gasteiger partial charge is 0.294 e. The summed E-state index contributed by atoms with van der Waals surface area (Å²) in [7, 11) is 1.71. The Hall–Kier alpha value is -2.67. The summed E-state index contributed by atoms with van der Waals surface area (Å²) in [6.45, 7) is 0. The van der Waals surface area contributed by atoms with Crippen LogP contribution in [0.2, 0.25) is 5.02 Å². The monoisotopic (exact) mass is 340 g/mol. The van der Waals surface area contributed by atoms with Gasteiger partial charge in [-0.3, -0.25) is 13.8 Å². The highest BCUT2D eigenvalue weighted by Crippen LogP contribution is 2.38. The molecule has 0 spiro atoms. The van der Waals surface area contributed by atoms with Crippen LogP contribution in [0.25, 0.3) is 22.4 Å². The lowest BCUT2D eigenvalue weighted by Crippen LogP contribution is -2.20. The van der Waals surface area contributed by atoms with Gasteiger partial charge in [-0.05, 0) is 25.0 Å². The van der Waals surface area contributed by atoms with Gasteiger partial charge in [0, 0.05) is 13.0 Å². The molecule has 1 aliphatic carbocycles. The van der Waals surface area contributed by atoms with Gasteiger partial charge in [0.25, 0.3) is 5.56 Å². The van der Waals surface area contributed by atoms with Crippen molar-refractivity contribution in [3.05, 3.63) is 51.8 Å². The second-order valence-corrected chi connectivity index (χ2v) is 6.53. The molecular weight excluding hydrogens is 328 g/mol. The standard InChI is InChI=1S/C16H13ClN6O/c1-21-15-14(23-7-11(19-20-23)9-5-6-9)18-8-22(15)12-4-2-3-10(17)13(12)16(21)24/h2-4,7-9H,5-6H2,1H3. The Balaban J connectivity index is 1.85. The number of fused-ring (bicyclic) bond motifs is 3. The zero-order chi connectivity index (χ0) is 16.4. The summed E-state index contributed by atoms with van der Waals surface area (Å²) in [5.74, 6) is 1.09. The fraction of sp³-hybridized carbons (Fsp3) is 0.250. The molecule has 120 valence electrons. The fourth-order valence-electron chi connectivity index (χ4n) is 3.12. The van der Waals surface area contributed by atoms with E-state index < -0.39 is 0 Å². The number of rotatable bonds is 2. The molecule has 1 saturated carbocycles. The van der Waals surface area contributed by atoms with Gasteiger partial charge in [-0.15, -0.1) is 5.10 Å². The van der Waals surface area contributed by atoms with Crippen molar-refractivity contribution in [1.82, 2.24) is 28.9 Å². The van der Waals surface area contributed by atoms with Gasteiger partial charge in [-0.1, -0.05) is 22.9 Å². The van der Waals surface area contributed by atoms with Crippen LogP contribution in [0.3, 0.4) is 0 Å². The van der Waals surface area contributed by atoms with E-state index in [1.807, 2.05) is 22.7 Å². The number of aryl methyl sites for hydroxylation is 1. The van der Waals surface area contributed by atoms with Crippen molar-refractivity contribution in [2.24, 2.45) is 7.05 Å².